The monoisotopic (exact) mass is 252 g/mol. The van der Waals surface area contributed by atoms with Crippen LogP contribution < -0.4 is 5.32 Å². The van der Waals surface area contributed by atoms with Gasteiger partial charge in [0.1, 0.15) is 11.4 Å². The SMILES string of the molecule is CCOC(=O)c1cccnc1NCC(C)OCC. The molecular formula is C13H20N2O3. The minimum absolute atomic E-state index is 0.0621. The quantitative estimate of drug-likeness (QED) is 0.753. The highest BCUT2D eigenvalue weighted by atomic mass is 16.5. The maximum absolute atomic E-state index is 11.7. The standard InChI is InChI=1S/C13H20N2O3/c1-4-17-10(3)9-15-12-11(7-6-8-14-12)13(16)18-5-2/h6-8,10H,4-5,9H2,1-3H3,(H,14,15). The average molecular weight is 252 g/mol. The zero-order valence-electron chi connectivity index (χ0n) is 11.1. The van der Waals surface area contributed by atoms with Crippen LogP contribution in [0.2, 0.25) is 0 Å². The molecule has 0 spiro atoms. The fourth-order valence-electron chi connectivity index (χ4n) is 1.50. The first-order valence-electron chi connectivity index (χ1n) is 6.16. The number of ether oxygens (including phenoxy) is 2. The maximum Gasteiger partial charge on any atom is 0.341 e. The molecule has 0 bridgehead atoms. The maximum atomic E-state index is 11.7. The van der Waals surface area contributed by atoms with Crippen LogP contribution >= 0.6 is 0 Å². The van der Waals surface area contributed by atoms with Gasteiger partial charge in [0.15, 0.2) is 0 Å². The van der Waals surface area contributed by atoms with Crippen LogP contribution in [0.4, 0.5) is 5.82 Å². The van der Waals surface area contributed by atoms with Crippen LogP contribution in [0, 0.1) is 0 Å². The minimum atomic E-state index is -0.364. The van der Waals surface area contributed by atoms with Crippen molar-refractivity contribution < 1.29 is 14.3 Å². The number of carbonyl (C=O) groups excluding carboxylic acids is 1. The molecule has 1 aromatic rings. The van der Waals surface area contributed by atoms with E-state index in [0.717, 1.165) is 0 Å². The highest BCUT2D eigenvalue weighted by Crippen LogP contribution is 2.13. The molecule has 0 aliphatic heterocycles. The molecule has 0 amide bonds. The van der Waals surface area contributed by atoms with E-state index in [0.29, 0.717) is 31.1 Å². The van der Waals surface area contributed by atoms with Crippen LogP contribution in [0.25, 0.3) is 0 Å². The first-order chi connectivity index (χ1) is 8.69. The summed E-state index contributed by atoms with van der Waals surface area (Å²) < 4.78 is 10.4. The van der Waals surface area contributed by atoms with Gasteiger partial charge in [0.25, 0.3) is 0 Å². The number of pyridine rings is 1. The summed E-state index contributed by atoms with van der Waals surface area (Å²) in [5, 5.41) is 3.10. The van der Waals surface area contributed by atoms with Gasteiger partial charge in [-0.2, -0.15) is 0 Å². The van der Waals surface area contributed by atoms with E-state index >= 15 is 0 Å². The van der Waals surface area contributed by atoms with Crippen molar-refractivity contribution in [2.45, 2.75) is 26.9 Å². The summed E-state index contributed by atoms with van der Waals surface area (Å²) in [6.07, 6.45) is 1.70. The Morgan fingerprint density at radius 3 is 2.89 bits per heavy atom. The Morgan fingerprint density at radius 1 is 1.44 bits per heavy atom. The second kappa shape index (κ2) is 7.66. The average Bonchev–Trinajstić information content (AvgIpc) is 2.37. The molecule has 1 heterocycles. The van der Waals surface area contributed by atoms with E-state index < -0.39 is 0 Å². The van der Waals surface area contributed by atoms with E-state index in [9.17, 15) is 4.79 Å². The zero-order chi connectivity index (χ0) is 13.4. The van der Waals surface area contributed by atoms with Crippen LogP contribution in [-0.2, 0) is 9.47 Å². The molecule has 1 rings (SSSR count). The lowest BCUT2D eigenvalue weighted by Gasteiger charge is -2.14. The smallest absolute Gasteiger partial charge is 0.341 e. The lowest BCUT2D eigenvalue weighted by molar-refractivity contribution is 0.0526. The lowest BCUT2D eigenvalue weighted by atomic mass is 10.2. The van der Waals surface area contributed by atoms with Crippen molar-refractivity contribution in [3.8, 4) is 0 Å². The Bertz CT molecular complexity index is 382. The Morgan fingerprint density at radius 2 is 2.22 bits per heavy atom. The van der Waals surface area contributed by atoms with Crippen LogP contribution in [0.15, 0.2) is 18.3 Å². The van der Waals surface area contributed by atoms with Gasteiger partial charge in [-0.15, -0.1) is 0 Å². The first-order valence-corrected chi connectivity index (χ1v) is 6.16. The van der Waals surface area contributed by atoms with Crippen molar-refractivity contribution in [3.05, 3.63) is 23.9 Å². The molecule has 5 nitrogen and oxygen atoms in total. The molecule has 1 unspecified atom stereocenters. The van der Waals surface area contributed by atoms with Gasteiger partial charge in [0, 0.05) is 19.3 Å². The fourth-order valence-corrected chi connectivity index (χ4v) is 1.50. The van der Waals surface area contributed by atoms with E-state index in [4.69, 9.17) is 9.47 Å². The van der Waals surface area contributed by atoms with E-state index in [1.54, 1.807) is 25.3 Å². The molecule has 1 N–H and O–H groups in total. The molecule has 0 aliphatic rings. The van der Waals surface area contributed by atoms with Crippen LogP contribution in [0.3, 0.4) is 0 Å². The van der Waals surface area contributed by atoms with Gasteiger partial charge in [-0.25, -0.2) is 9.78 Å². The number of aromatic nitrogens is 1. The summed E-state index contributed by atoms with van der Waals surface area (Å²) in [5.41, 5.74) is 0.447. The summed E-state index contributed by atoms with van der Waals surface area (Å²) in [5.74, 6) is 0.166. The van der Waals surface area contributed by atoms with Gasteiger partial charge in [0.05, 0.1) is 12.7 Å². The van der Waals surface area contributed by atoms with Crippen LogP contribution in [0.1, 0.15) is 31.1 Å². The number of anilines is 1. The van der Waals surface area contributed by atoms with Crippen molar-refractivity contribution in [1.82, 2.24) is 4.98 Å². The first kappa shape index (κ1) is 14.4. The Kier molecular flexibility index (Phi) is 6.14. The van der Waals surface area contributed by atoms with Crippen molar-refractivity contribution in [2.75, 3.05) is 25.1 Å². The third kappa shape index (κ3) is 4.33. The fraction of sp³-hybridized carbons (Fsp3) is 0.538. The van der Waals surface area contributed by atoms with Gasteiger partial charge in [0.2, 0.25) is 0 Å². The van der Waals surface area contributed by atoms with Gasteiger partial charge in [-0.05, 0) is 32.9 Å². The highest BCUT2D eigenvalue weighted by molar-refractivity contribution is 5.94. The Hall–Kier alpha value is -1.62. The third-order valence-electron chi connectivity index (χ3n) is 2.31. The molecule has 0 aliphatic carbocycles. The van der Waals surface area contributed by atoms with Crippen LogP contribution in [0.5, 0.6) is 0 Å². The summed E-state index contributed by atoms with van der Waals surface area (Å²) in [6, 6.07) is 3.40. The number of nitrogens with one attached hydrogen (secondary N) is 1. The van der Waals surface area contributed by atoms with E-state index in [1.807, 2.05) is 13.8 Å². The van der Waals surface area contributed by atoms with Crippen LogP contribution in [-0.4, -0.2) is 36.8 Å². The second-order valence-electron chi connectivity index (χ2n) is 3.77. The third-order valence-corrected chi connectivity index (χ3v) is 2.31. The normalized spacial score (nSPS) is 11.9. The number of hydrogen-bond donors (Lipinski definition) is 1. The Balaban J connectivity index is 2.67. The van der Waals surface area contributed by atoms with Crippen molar-refractivity contribution in [1.29, 1.82) is 0 Å². The Labute approximate surface area is 108 Å². The molecule has 100 valence electrons. The van der Waals surface area contributed by atoms with Gasteiger partial charge in [-0.3, -0.25) is 0 Å². The molecule has 0 saturated carbocycles. The second-order valence-corrected chi connectivity index (χ2v) is 3.77. The van der Waals surface area contributed by atoms with Crippen molar-refractivity contribution >= 4 is 11.8 Å². The topological polar surface area (TPSA) is 60.5 Å². The van der Waals surface area contributed by atoms with Crippen molar-refractivity contribution in [3.63, 3.8) is 0 Å². The zero-order valence-corrected chi connectivity index (χ0v) is 11.1. The molecule has 0 radical (unpaired) electrons. The van der Waals surface area contributed by atoms with E-state index in [1.165, 1.54) is 0 Å². The molecule has 5 heteroatoms. The molecule has 18 heavy (non-hydrogen) atoms. The summed E-state index contributed by atoms with van der Waals surface area (Å²) in [6.45, 7) is 7.29. The predicted molar refractivity (Wildman–Crippen MR) is 69.8 cm³/mol. The number of nitrogens with zero attached hydrogens (tertiary/aromatic N) is 1. The van der Waals surface area contributed by atoms with Gasteiger partial charge >= 0.3 is 5.97 Å². The largest absolute Gasteiger partial charge is 0.462 e. The predicted octanol–water partition coefficient (Wildman–Crippen LogP) is 2.10. The number of carbonyl (C=O) groups is 1. The van der Waals surface area contributed by atoms with Gasteiger partial charge < -0.3 is 14.8 Å². The summed E-state index contributed by atoms with van der Waals surface area (Å²) in [7, 11) is 0. The van der Waals surface area contributed by atoms with Gasteiger partial charge in [-0.1, -0.05) is 0 Å². The molecule has 1 aromatic heterocycles. The number of hydrogen-bond acceptors (Lipinski definition) is 5. The molecule has 1 atom stereocenters. The number of esters is 1. The minimum Gasteiger partial charge on any atom is -0.462 e. The lowest BCUT2D eigenvalue weighted by Crippen LogP contribution is -2.21. The van der Waals surface area contributed by atoms with E-state index in [-0.39, 0.29) is 12.1 Å². The summed E-state index contributed by atoms with van der Waals surface area (Å²) >= 11 is 0. The van der Waals surface area contributed by atoms with Crippen molar-refractivity contribution in [2.24, 2.45) is 0 Å². The molecular weight excluding hydrogens is 232 g/mol. The highest BCUT2D eigenvalue weighted by Gasteiger charge is 2.13. The molecule has 0 fully saturated rings. The number of rotatable bonds is 7. The molecule has 0 aromatic carbocycles. The summed E-state index contributed by atoms with van der Waals surface area (Å²) in [4.78, 5) is 15.8. The van der Waals surface area contributed by atoms with E-state index in [2.05, 4.69) is 10.3 Å². The molecule has 0 saturated heterocycles.